The standard InChI is InChI=1S/C11H20O4/c1-8-3-4-9(11(13)14)10(7-8)15-6-2-5-12/h8-10,12H,2-7H2,1H3,(H,13,14). The molecule has 1 aliphatic carbocycles. The smallest absolute Gasteiger partial charge is 0.309 e. The summed E-state index contributed by atoms with van der Waals surface area (Å²) < 4.78 is 5.53. The Hall–Kier alpha value is -0.610. The number of carboxylic acid groups (broad SMARTS) is 1. The highest BCUT2D eigenvalue weighted by Crippen LogP contribution is 2.31. The van der Waals surface area contributed by atoms with Gasteiger partial charge in [0.25, 0.3) is 0 Å². The van der Waals surface area contributed by atoms with Crippen molar-refractivity contribution in [3.63, 3.8) is 0 Å². The lowest BCUT2D eigenvalue weighted by molar-refractivity contribution is -0.150. The lowest BCUT2D eigenvalue weighted by Gasteiger charge is -2.32. The van der Waals surface area contributed by atoms with Crippen molar-refractivity contribution < 1.29 is 19.7 Å². The number of hydrogen-bond donors (Lipinski definition) is 2. The quantitative estimate of drug-likeness (QED) is 0.679. The van der Waals surface area contributed by atoms with Crippen LogP contribution in [0.3, 0.4) is 0 Å². The summed E-state index contributed by atoms with van der Waals surface area (Å²) in [5.74, 6) is -0.574. The highest BCUT2D eigenvalue weighted by Gasteiger charge is 2.34. The van der Waals surface area contributed by atoms with Gasteiger partial charge in [0.2, 0.25) is 0 Å². The molecule has 2 N–H and O–H groups in total. The van der Waals surface area contributed by atoms with Crippen molar-refractivity contribution >= 4 is 5.97 Å². The minimum Gasteiger partial charge on any atom is -0.481 e. The normalized spacial score (nSPS) is 31.5. The van der Waals surface area contributed by atoms with Crippen molar-refractivity contribution in [2.75, 3.05) is 13.2 Å². The van der Waals surface area contributed by atoms with Crippen LogP contribution < -0.4 is 0 Å². The third-order valence-electron chi connectivity index (χ3n) is 3.01. The number of aliphatic carboxylic acids is 1. The maximum atomic E-state index is 11.0. The van der Waals surface area contributed by atoms with Gasteiger partial charge in [0.1, 0.15) is 0 Å². The van der Waals surface area contributed by atoms with Crippen LogP contribution in [0.25, 0.3) is 0 Å². The lowest BCUT2D eigenvalue weighted by Crippen LogP contribution is -2.36. The Labute approximate surface area is 90.2 Å². The van der Waals surface area contributed by atoms with Gasteiger partial charge in [0.05, 0.1) is 12.0 Å². The topological polar surface area (TPSA) is 66.8 Å². The Morgan fingerprint density at radius 3 is 2.80 bits per heavy atom. The van der Waals surface area contributed by atoms with Crippen molar-refractivity contribution in [2.45, 2.75) is 38.7 Å². The summed E-state index contributed by atoms with van der Waals surface area (Å²) in [6, 6.07) is 0. The lowest BCUT2D eigenvalue weighted by atomic mass is 9.80. The van der Waals surface area contributed by atoms with Gasteiger partial charge in [-0.05, 0) is 31.6 Å². The van der Waals surface area contributed by atoms with E-state index in [2.05, 4.69) is 6.92 Å². The summed E-state index contributed by atoms with van der Waals surface area (Å²) in [6.45, 7) is 2.68. The van der Waals surface area contributed by atoms with Gasteiger partial charge < -0.3 is 14.9 Å². The summed E-state index contributed by atoms with van der Waals surface area (Å²) in [6.07, 6.45) is 2.91. The molecule has 1 fully saturated rings. The Morgan fingerprint density at radius 2 is 2.20 bits per heavy atom. The van der Waals surface area contributed by atoms with Crippen LogP contribution in [-0.2, 0) is 9.53 Å². The first-order valence-corrected chi connectivity index (χ1v) is 5.60. The van der Waals surface area contributed by atoms with E-state index < -0.39 is 5.97 Å². The van der Waals surface area contributed by atoms with Crippen LogP contribution in [0.5, 0.6) is 0 Å². The molecule has 0 radical (unpaired) electrons. The SMILES string of the molecule is CC1CCC(C(=O)O)C(OCCCO)C1. The fourth-order valence-electron chi connectivity index (χ4n) is 2.09. The highest BCUT2D eigenvalue weighted by molar-refractivity contribution is 5.70. The molecule has 0 bridgehead atoms. The average Bonchev–Trinajstić information content (AvgIpc) is 2.18. The number of ether oxygens (including phenoxy) is 1. The number of carboxylic acids is 1. The van der Waals surface area contributed by atoms with Crippen LogP contribution in [0.4, 0.5) is 0 Å². The maximum absolute atomic E-state index is 11.0. The second kappa shape index (κ2) is 6.08. The van der Waals surface area contributed by atoms with Crippen LogP contribution in [0.2, 0.25) is 0 Å². The number of carbonyl (C=O) groups is 1. The van der Waals surface area contributed by atoms with E-state index in [9.17, 15) is 4.79 Å². The molecule has 1 rings (SSSR count). The van der Waals surface area contributed by atoms with E-state index in [1.807, 2.05) is 0 Å². The van der Waals surface area contributed by atoms with Gasteiger partial charge >= 0.3 is 5.97 Å². The van der Waals surface area contributed by atoms with Crippen LogP contribution in [0, 0.1) is 11.8 Å². The van der Waals surface area contributed by atoms with Crippen molar-refractivity contribution in [1.29, 1.82) is 0 Å². The second-order valence-electron chi connectivity index (χ2n) is 4.35. The van der Waals surface area contributed by atoms with Crippen molar-refractivity contribution in [2.24, 2.45) is 11.8 Å². The molecule has 0 aromatic rings. The summed E-state index contributed by atoms with van der Waals surface area (Å²) >= 11 is 0. The Bertz CT molecular complexity index is 205. The van der Waals surface area contributed by atoms with Gasteiger partial charge in [-0.15, -0.1) is 0 Å². The zero-order valence-electron chi connectivity index (χ0n) is 9.19. The molecule has 0 aliphatic heterocycles. The molecule has 3 atom stereocenters. The molecule has 3 unspecified atom stereocenters. The number of aliphatic hydroxyl groups excluding tert-OH is 1. The summed E-state index contributed by atoms with van der Waals surface area (Å²) in [5, 5.41) is 17.6. The van der Waals surface area contributed by atoms with E-state index in [0.717, 1.165) is 12.8 Å². The zero-order valence-corrected chi connectivity index (χ0v) is 9.19. The zero-order chi connectivity index (χ0) is 11.3. The van der Waals surface area contributed by atoms with Gasteiger partial charge in [-0.2, -0.15) is 0 Å². The fourth-order valence-corrected chi connectivity index (χ4v) is 2.09. The Balaban J connectivity index is 2.43. The second-order valence-corrected chi connectivity index (χ2v) is 4.35. The summed E-state index contributed by atoms with van der Waals surface area (Å²) in [4.78, 5) is 11.0. The van der Waals surface area contributed by atoms with Crippen LogP contribution in [0.15, 0.2) is 0 Å². The van der Waals surface area contributed by atoms with E-state index in [4.69, 9.17) is 14.9 Å². The molecule has 15 heavy (non-hydrogen) atoms. The van der Waals surface area contributed by atoms with Gasteiger partial charge in [-0.1, -0.05) is 6.92 Å². The summed E-state index contributed by atoms with van der Waals surface area (Å²) in [5.41, 5.74) is 0. The number of hydrogen-bond acceptors (Lipinski definition) is 3. The fraction of sp³-hybridized carbons (Fsp3) is 0.909. The predicted octanol–water partition coefficient (Wildman–Crippen LogP) is 1.27. The maximum Gasteiger partial charge on any atom is 0.309 e. The Kier molecular flexibility index (Phi) is 5.05. The van der Waals surface area contributed by atoms with Gasteiger partial charge in [0.15, 0.2) is 0 Å². The molecule has 1 aliphatic rings. The first-order chi connectivity index (χ1) is 7.15. The van der Waals surface area contributed by atoms with Crippen LogP contribution in [0.1, 0.15) is 32.6 Å². The van der Waals surface area contributed by atoms with Crippen molar-refractivity contribution in [3.8, 4) is 0 Å². The van der Waals surface area contributed by atoms with Gasteiger partial charge in [-0.3, -0.25) is 4.79 Å². The minimum atomic E-state index is -0.754. The van der Waals surface area contributed by atoms with E-state index in [1.54, 1.807) is 0 Å². The molecule has 0 aromatic carbocycles. The summed E-state index contributed by atoms with van der Waals surface area (Å²) in [7, 11) is 0. The highest BCUT2D eigenvalue weighted by atomic mass is 16.5. The van der Waals surface area contributed by atoms with Crippen LogP contribution >= 0.6 is 0 Å². The van der Waals surface area contributed by atoms with Crippen LogP contribution in [-0.4, -0.2) is 35.5 Å². The van der Waals surface area contributed by atoms with Gasteiger partial charge in [0, 0.05) is 13.2 Å². The number of aliphatic hydroxyl groups is 1. The molecule has 0 amide bonds. The van der Waals surface area contributed by atoms with E-state index in [-0.39, 0.29) is 18.6 Å². The third-order valence-corrected chi connectivity index (χ3v) is 3.01. The predicted molar refractivity (Wildman–Crippen MR) is 55.6 cm³/mol. The molecular formula is C11H20O4. The van der Waals surface area contributed by atoms with E-state index >= 15 is 0 Å². The molecule has 1 saturated carbocycles. The van der Waals surface area contributed by atoms with Crippen molar-refractivity contribution in [1.82, 2.24) is 0 Å². The largest absolute Gasteiger partial charge is 0.481 e. The molecule has 0 spiro atoms. The molecule has 0 heterocycles. The first kappa shape index (κ1) is 12.5. The number of rotatable bonds is 5. The Morgan fingerprint density at radius 1 is 1.47 bits per heavy atom. The first-order valence-electron chi connectivity index (χ1n) is 5.60. The minimum absolute atomic E-state index is 0.0972. The molecule has 4 nitrogen and oxygen atoms in total. The van der Waals surface area contributed by atoms with Crippen molar-refractivity contribution in [3.05, 3.63) is 0 Å². The average molecular weight is 216 g/mol. The molecular weight excluding hydrogens is 196 g/mol. The molecule has 0 aromatic heterocycles. The third kappa shape index (κ3) is 3.80. The molecule has 88 valence electrons. The molecule has 4 heteroatoms. The monoisotopic (exact) mass is 216 g/mol. The molecule has 0 saturated heterocycles. The van der Waals surface area contributed by atoms with E-state index in [0.29, 0.717) is 25.4 Å². The van der Waals surface area contributed by atoms with E-state index in [1.165, 1.54) is 0 Å². The van der Waals surface area contributed by atoms with Gasteiger partial charge in [-0.25, -0.2) is 0 Å².